The van der Waals surface area contributed by atoms with Crippen molar-refractivity contribution in [3.05, 3.63) is 42.0 Å². The van der Waals surface area contributed by atoms with Crippen LogP contribution in [0.25, 0.3) is 28.0 Å². The zero-order valence-corrected chi connectivity index (χ0v) is 18.5. The largest absolute Gasteiger partial charge is 0.473 e. The van der Waals surface area contributed by atoms with Crippen molar-refractivity contribution in [2.75, 3.05) is 0 Å². The van der Waals surface area contributed by atoms with Crippen LogP contribution in [0.2, 0.25) is 0 Å². The van der Waals surface area contributed by atoms with Gasteiger partial charge in [0, 0.05) is 41.1 Å². The number of ether oxygens (including phenoxy) is 1. The maximum absolute atomic E-state index is 6.43. The third-order valence-corrected chi connectivity index (χ3v) is 5.45. The number of hydrogen-bond donors (Lipinski definition) is 0. The first kappa shape index (κ1) is 19.7. The molecule has 3 heterocycles. The normalized spacial score (nSPS) is 14.5. The van der Waals surface area contributed by atoms with Crippen molar-refractivity contribution >= 4 is 16.9 Å². The molecule has 0 aliphatic heterocycles. The summed E-state index contributed by atoms with van der Waals surface area (Å²) in [6.07, 6.45) is 12.6. The molecule has 29 heavy (non-hydrogen) atoms. The van der Waals surface area contributed by atoms with Gasteiger partial charge in [-0.15, -0.1) is 0 Å². The van der Waals surface area contributed by atoms with E-state index in [9.17, 15) is 0 Å². The van der Waals surface area contributed by atoms with Gasteiger partial charge in [0.1, 0.15) is 11.2 Å². The van der Waals surface area contributed by atoms with E-state index in [0.29, 0.717) is 6.04 Å². The van der Waals surface area contributed by atoms with E-state index in [2.05, 4.69) is 69.7 Å². The monoisotopic (exact) mass is 392 g/mol. The van der Waals surface area contributed by atoms with E-state index in [-0.39, 0.29) is 5.60 Å². The molecule has 0 spiro atoms. The smallest absolute Gasteiger partial charge is 0.198 e. The lowest BCUT2D eigenvalue weighted by atomic mass is 9.92. The third-order valence-electron chi connectivity index (χ3n) is 5.45. The molecule has 1 fully saturated rings. The summed E-state index contributed by atoms with van der Waals surface area (Å²) < 4.78 is 10.6. The molecular formula is C24H32N4O. The van der Waals surface area contributed by atoms with Gasteiger partial charge < -0.3 is 4.74 Å². The highest BCUT2D eigenvalue weighted by Crippen LogP contribution is 2.37. The molecule has 0 bridgehead atoms. The third kappa shape index (κ3) is 3.83. The molecule has 0 amide bonds. The molecular weight excluding hydrogens is 360 g/mol. The lowest BCUT2D eigenvalue weighted by molar-refractivity contribution is 0.0838. The maximum Gasteiger partial charge on any atom is 0.198 e. The summed E-state index contributed by atoms with van der Waals surface area (Å²) >= 11 is 0. The molecule has 1 saturated carbocycles. The second-order valence-corrected chi connectivity index (χ2v) is 9.25. The molecule has 5 heteroatoms. The first-order valence-electron chi connectivity index (χ1n) is 10.7. The zero-order valence-electron chi connectivity index (χ0n) is 18.5. The quantitative estimate of drug-likeness (QED) is 0.485. The minimum Gasteiger partial charge on any atom is -0.473 e. The first-order chi connectivity index (χ1) is 13.8. The molecule has 1 aliphatic rings. The summed E-state index contributed by atoms with van der Waals surface area (Å²) in [7, 11) is 0. The van der Waals surface area contributed by atoms with Gasteiger partial charge in [-0.2, -0.15) is 5.10 Å². The van der Waals surface area contributed by atoms with Crippen LogP contribution in [0, 0.1) is 0 Å². The fourth-order valence-electron chi connectivity index (χ4n) is 3.69. The first-order valence-corrected chi connectivity index (χ1v) is 10.7. The Bertz CT molecular complexity index is 1060. The average Bonchev–Trinajstić information content (AvgIpc) is 3.23. The van der Waals surface area contributed by atoms with E-state index in [0.717, 1.165) is 41.9 Å². The number of hydrogen-bond acceptors (Lipinski definition) is 3. The molecule has 0 aromatic carbocycles. The summed E-state index contributed by atoms with van der Waals surface area (Å²) in [6.45, 7) is 12.8. The topological polar surface area (TPSA) is 44.9 Å². The summed E-state index contributed by atoms with van der Waals surface area (Å²) in [5.41, 5.74) is 5.62. The van der Waals surface area contributed by atoms with Gasteiger partial charge >= 0.3 is 0 Å². The Morgan fingerprint density at radius 2 is 1.90 bits per heavy atom. The van der Waals surface area contributed by atoms with Gasteiger partial charge in [-0.05, 0) is 77.5 Å². The maximum atomic E-state index is 6.43. The molecule has 0 atom stereocenters. The van der Waals surface area contributed by atoms with Crippen LogP contribution < -0.4 is 0 Å². The van der Waals surface area contributed by atoms with Crippen LogP contribution in [0.15, 0.2) is 36.4 Å². The van der Waals surface area contributed by atoms with Crippen molar-refractivity contribution < 1.29 is 4.74 Å². The highest BCUT2D eigenvalue weighted by molar-refractivity contribution is 5.87. The van der Waals surface area contributed by atoms with E-state index in [1.165, 1.54) is 22.9 Å². The van der Waals surface area contributed by atoms with Crippen molar-refractivity contribution in [3.8, 4) is 11.1 Å². The van der Waals surface area contributed by atoms with Crippen LogP contribution in [0.3, 0.4) is 0 Å². The molecule has 0 saturated heterocycles. The number of aromatic nitrogens is 4. The van der Waals surface area contributed by atoms with Crippen LogP contribution in [-0.2, 0) is 11.2 Å². The Morgan fingerprint density at radius 1 is 1.14 bits per heavy atom. The van der Waals surface area contributed by atoms with Crippen molar-refractivity contribution in [1.29, 1.82) is 0 Å². The number of fused-ring (bicyclic) bond motifs is 1. The highest BCUT2D eigenvalue weighted by atomic mass is 16.5. The van der Waals surface area contributed by atoms with Crippen LogP contribution >= 0.6 is 0 Å². The van der Waals surface area contributed by atoms with Gasteiger partial charge in [0.15, 0.2) is 5.88 Å². The summed E-state index contributed by atoms with van der Waals surface area (Å²) in [4.78, 5) is 4.88. The van der Waals surface area contributed by atoms with E-state index in [1.54, 1.807) is 0 Å². The van der Waals surface area contributed by atoms with Crippen LogP contribution in [0.4, 0.5) is 0 Å². The van der Waals surface area contributed by atoms with Gasteiger partial charge in [-0.1, -0.05) is 6.92 Å². The highest BCUT2D eigenvalue weighted by Gasteiger charge is 2.25. The average molecular weight is 393 g/mol. The number of pyridine rings is 1. The van der Waals surface area contributed by atoms with Crippen LogP contribution in [0.1, 0.15) is 72.4 Å². The van der Waals surface area contributed by atoms with Gasteiger partial charge in [0.25, 0.3) is 0 Å². The fraction of sp³-hybridized carbons (Fsp3) is 0.500. The predicted octanol–water partition coefficient (Wildman–Crippen LogP) is 6.21. The van der Waals surface area contributed by atoms with Crippen LogP contribution in [0.5, 0.6) is 0 Å². The van der Waals surface area contributed by atoms with E-state index >= 15 is 0 Å². The predicted molar refractivity (Wildman–Crippen MR) is 119 cm³/mol. The van der Waals surface area contributed by atoms with Crippen LogP contribution in [-0.4, -0.2) is 24.9 Å². The van der Waals surface area contributed by atoms with Gasteiger partial charge in [-0.25, -0.2) is 4.98 Å². The zero-order chi connectivity index (χ0) is 20.8. The van der Waals surface area contributed by atoms with Crippen molar-refractivity contribution in [2.45, 2.75) is 78.9 Å². The second kappa shape index (κ2) is 7.36. The van der Waals surface area contributed by atoms with Crippen molar-refractivity contribution in [1.82, 2.24) is 19.3 Å². The molecule has 154 valence electrons. The number of allylic oxidation sites excluding steroid dienone is 1. The van der Waals surface area contributed by atoms with Gasteiger partial charge in [-0.3, -0.25) is 9.25 Å². The van der Waals surface area contributed by atoms with Gasteiger partial charge in [0.2, 0.25) is 0 Å². The van der Waals surface area contributed by atoms with Crippen molar-refractivity contribution in [2.24, 2.45) is 0 Å². The fourth-order valence-corrected chi connectivity index (χ4v) is 3.69. The Kier molecular flexibility index (Phi) is 5.01. The Hall–Kier alpha value is -2.56. The number of nitrogens with zero attached hydrogens (tertiary/aromatic N) is 4. The van der Waals surface area contributed by atoms with E-state index < -0.39 is 0 Å². The Balaban J connectivity index is 1.82. The number of rotatable bonds is 5. The Labute approximate surface area is 173 Å². The van der Waals surface area contributed by atoms with Crippen molar-refractivity contribution in [3.63, 3.8) is 0 Å². The summed E-state index contributed by atoms with van der Waals surface area (Å²) in [5.74, 6) is 0.973. The minimum atomic E-state index is -0.244. The summed E-state index contributed by atoms with van der Waals surface area (Å²) in [6, 6.07) is 2.60. The number of aryl methyl sites for hydroxylation is 1. The lowest BCUT2D eigenvalue weighted by Gasteiger charge is -2.29. The van der Waals surface area contributed by atoms with E-state index in [1.807, 2.05) is 17.1 Å². The molecule has 3 aromatic heterocycles. The standard InChI is InChI=1S/C24H32N4O/c1-7-17-14-27(23(18-9-8-10-18)29-24(4,5)6)22-21(17)11-19(12-25-22)20-13-26-28(15-20)16(2)3/h11-16H,7-10H2,1-6H3. The minimum absolute atomic E-state index is 0.244. The Morgan fingerprint density at radius 3 is 2.45 bits per heavy atom. The SMILES string of the molecule is CCc1cn(C(OC(C)(C)C)=C2CCC2)c2ncc(-c3cnn(C(C)C)c3)cc12. The molecule has 0 N–H and O–H groups in total. The molecule has 4 rings (SSSR count). The van der Waals surface area contributed by atoms with Gasteiger partial charge in [0.05, 0.1) is 6.20 Å². The molecule has 0 unspecified atom stereocenters. The van der Waals surface area contributed by atoms with E-state index in [4.69, 9.17) is 9.72 Å². The molecule has 1 aliphatic carbocycles. The lowest BCUT2D eigenvalue weighted by Crippen LogP contribution is -2.22. The second-order valence-electron chi connectivity index (χ2n) is 9.25. The summed E-state index contributed by atoms with van der Waals surface area (Å²) in [5, 5.41) is 5.68. The molecule has 3 aromatic rings. The molecule has 0 radical (unpaired) electrons. The molecule has 5 nitrogen and oxygen atoms in total.